The predicted molar refractivity (Wildman–Crippen MR) is 130 cm³/mol. The molecule has 4 aromatic rings. The number of rotatable bonds is 6. The number of carbonyl (C=O) groups excluding carboxylic acids is 1. The van der Waals surface area contributed by atoms with Gasteiger partial charge in [-0.15, -0.1) is 0 Å². The molecule has 5 rings (SSSR count). The molecule has 9 heteroatoms. The van der Waals surface area contributed by atoms with E-state index in [4.69, 9.17) is 4.74 Å². The Bertz CT molecular complexity index is 1370. The third-order valence-electron chi connectivity index (χ3n) is 5.95. The average Bonchev–Trinajstić information content (AvgIpc) is 3.42. The van der Waals surface area contributed by atoms with Gasteiger partial charge in [0.2, 0.25) is 0 Å². The number of benzene rings is 2. The van der Waals surface area contributed by atoms with E-state index in [-0.39, 0.29) is 28.7 Å². The highest BCUT2D eigenvalue weighted by atomic mass is 16.5. The van der Waals surface area contributed by atoms with Gasteiger partial charge < -0.3 is 25.2 Å². The Morgan fingerprint density at radius 3 is 2.66 bits per heavy atom. The fourth-order valence-electron chi connectivity index (χ4n) is 4.25. The number of amides is 1. The second-order valence-corrected chi connectivity index (χ2v) is 8.46. The lowest BCUT2D eigenvalue weighted by Crippen LogP contribution is -2.26. The number of phenols is 2. The topological polar surface area (TPSA) is 113 Å². The minimum atomic E-state index is -0.360. The van der Waals surface area contributed by atoms with Crippen LogP contribution in [0, 0.1) is 6.92 Å². The summed E-state index contributed by atoms with van der Waals surface area (Å²) in [5.41, 5.74) is 3.95. The zero-order valence-corrected chi connectivity index (χ0v) is 19.4. The first kappa shape index (κ1) is 22.3. The Hall–Kier alpha value is -4.53. The molecule has 0 atom stereocenters. The van der Waals surface area contributed by atoms with Gasteiger partial charge in [0.25, 0.3) is 5.91 Å². The molecule has 3 N–H and O–H groups in total. The largest absolute Gasteiger partial charge is 0.508 e. The number of hydrogen-bond donors (Lipinski definition) is 3. The highest BCUT2D eigenvalue weighted by Gasteiger charge is 2.29. The second-order valence-electron chi connectivity index (χ2n) is 8.46. The average molecular weight is 472 g/mol. The maximum atomic E-state index is 13.5. The molecule has 178 valence electrons. The van der Waals surface area contributed by atoms with Gasteiger partial charge in [0.1, 0.15) is 28.6 Å². The van der Waals surface area contributed by atoms with Gasteiger partial charge in [0.15, 0.2) is 0 Å². The van der Waals surface area contributed by atoms with E-state index in [9.17, 15) is 15.0 Å². The number of aryl methyl sites for hydroxylation is 1. The van der Waals surface area contributed by atoms with Crippen LogP contribution >= 0.6 is 0 Å². The first-order chi connectivity index (χ1) is 16.9. The van der Waals surface area contributed by atoms with Gasteiger partial charge in [0, 0.05) is 30.9 Å². The Balaban J connectivity index is 1.45. The molecule has 2 aromatic heterocycles. The smallest absolute Gasteiger partial charge is 0.260 e. The highest BCUT2D eigenvalue weighted by molar-refractivity contribution is 6.03. The van der Waals surface area contributed by atoms with Crippen molar-refractivity contribution in [3.63, 3.8) is 0 Å². The van der Waals surface area contributed by atoms with Crippen LogP contribution in [0.25, 0.3) is 0 Å². The summed E-state index contributed by atoms with van der Waals surface area (Å²) >= 11 is 0. The fourth-order valence-corrected chi connectivity index (χ4v) is 4.25. The molecule has 1 aliphatic heterocycles. The Kier molecular flexibility index (Phi) is 5.74. The molecule has 0 saturated heterocycles. The van der Waals surface area contributed by atoms with E-state index >= 15 is 0 Å². The number of methoxy groups -OCH3 is 1. The maximum absolute atomic E-state index is 13.5. The lowest BCUT2D eigenvalue weighted by Gasteiger charge is -2.20. The van der Waals surface area contributed by atoms with Crippen LogP contribution < -0.4 is 10.1 Å². The van der Waals surface area contributed by atoms with Gasteiger partial charge in [-0.3, -0.25) is 9.78 Å². The summed E-state index contributed by atoms with van der Waals surface area (Å²) in [6.45, 7) is 3.09. The number of hydrogen-bond acceptors (Lipinski definition) is 7. The normalized spacial score (nSPS) is 12.5. The standard InChI is InChI=1S/C26H25N5O4/c1-16-10-24(31(29-16)13-17-5-7-20(35-2)8-6-17)28-21-11-19(32)12-23(33)25(21)26(34)30-14-18-4-3-9-27-22(18)15-30/h3-12,28,32-33H,13-15H2,1-2H3. The number of nitrogens with one attached hydrogen (secondary N) is 1. The third-order valence-corrected chi connectivity index (χ3v) is 5.95. The number of pyridine rings is 1. The van der Waals surface area contributed by atoms with Crippen molar-refractivity contribution in [1.29, 1.82) is 0 Å². The maximum Gasteiger partial charge on any atom is 0.260 e. The lowest BCUT2D eigenvalue weighted by atomic mass is 10.1. The molecule has 1 amide bonds. The molecule has 0 spiro atoms. The number of aromatic nitrogens is 3. The number of carbonyl (C=O) groups is 1. The Morgan fingerprint density at radius 1 is 1.11 bits per heavy atom. The summed E-state index contributed by atoms with van der Waals surface area (Å²) in [4.78, 5) is 19.4. The summed E-state index contributed by atoms with van der Waals surface area (Å²) in [5, 5.41) is 28.6. The predicted octanol–water partition coefficient (Wildman–Crippen LogP) is 3.95. The summed E-state index contributed by atoms with van der Waals surface area (Å²) in [6, 6.07) is 15.9. The van der Waals surface area contributed by atoms with E-state index in [1.54, 1.807) is 22.9 Å². The van der Waals surface area contributed by atoms with Gasteiger partial charge in [-0.1, -0.05) is 18.2 Å². The van der Waals surface area contributed by atoms with Crippen molar-refractivity contribution in [2.45, 2.75) is 26.6 Å². The third kappa shape index (κ3) is 4.48. The monoisotopic (exact) mass is 471 g/mol. The summed E-state index contributed by atoms with van der Waals surface area (Å²) in [5.74, 6) is 0.552. The van der Waals surface area contributed by atoms with Crippen LogP contribution in [0.1, 0.15) is 32.9 Å². The van der Waals surface area contributed by atoms with Gasteiger partial charge in [-0.05, 0) is 36.2 Å². The number of nitrogens with zero attached hydrogens (tertiary/aromatic N) is 4. The van der Waals surface area contributed by atoms with Crippen molar-refractivity contribution in [1.82, 2.24) is 19.7 Å². The quantitative estimate of drug-likeness (QED) is 0.390. The summed E-state index contributed by atoms with van der Waals surface area (Å²) < 4.78 is 6.99. The van der Waals surface area contributed by atoms with Crippen molar-refractivity contribution in [2.24, 2.45) is 0 Å². The molecular weight excluding hydrogens is 446 g/mol. The van der Waals surface area contributed by atoms with Crippen LogP contribution in [0.5, 0.6) is 17.2 Å². The Morgan fingerprint density at radius 2 is 1.91 bits per heavy atom. The van der Waals surface area contributed by atoms with E-state index in [0.29, 0.717) is 25.5 Å². The second kappa shape index (κ2) is 9.02. The van der Waals surface area contributed by atoms with Crippen LogP contribution in [-0.4, -0.2) is 42.9 Å². The molecule has 0 radical (unpaired) electrons. The van der Waals surface area contributed by atoms with Crippen molar-refractivity contribution in [3.05, 3.63) is 88.9 Å². The van der Waals surface area contributed by atoms with Crippen molar-refractivity contribution in [3.8, 4) is 17.2 Å². The zero-order valence-electron chi connectivity index (χ0n) is 19.4. The first-order valence-corrected chi connectivity index (χ1v) is 11.1. The van der Waals surface area contributed by atoms with Gasteiger partial charge in [-0.25, -0.2) is 4.68 Å². The number of aromatic hydroxyl groups is 2. The molecule has 0 bridgehead atoms. The zero-order chi connectivity index (χ0) is 24.5. The molecular formula is C26H25N5O4. The molecule has 35 heavy (non-hydrogen) atoms. The van der Waals surface area contributed by atoms with Gasteiger partial charge in [0.05, 0.1) is 37.3 Å². The van der Waals surface area contributed by atoms with Crippen molar-refractivity contribution < 1.29 is 19.7 Å². The van der Waals surface area contributed by atoms with Crippen LogP contribution in [0.15, 0.2) is 60.8 Å². The lowest BCUT2D eigenvalue weighted by molar-refractivity contribution is 0.0748. The SMILES string of the molecule is COc1ccc(Cn2nc(C)cc2Nc2cc(O)cc(O)c2C(=O)N2Cc3cccnc3C2)cc1. The van der Waals surface area contributed by atoms with Crippen molar-refractivity contribution in [2.75, 3.05) is 12.4 Å². The van der Waals surface area contributed by atoms with Crippen LogP contribution in [0.4, 0.5) is 11.5 Å². The van der Waals surface area contributed by atoms with Crippen molar-refractivity contribution >= 4 is 17.4 Å². The minimum absolute atomic E-state index is 0.0745. The molecule has 0 fully saturated rings. The van der Waals surface area contributed by atoms with Gasteiger partial charge in [-0.2, -0.15) is 5.10 Å². The molecule has 0 aliphatic carbocycles. The Labute approximate surface area is 202 Å². The molecule has 1 aliphatic rings. The van der Waals surface area contributed by atoms with Gasteiger partial charge >= 0.3 is 0 Å². The number of fused-ring (bicyclic) bond motifs is 1. The highest BCUT2D eigenvalue weighted by Crippen LogP contribution is 2.36. The van der Waals surface area contributed by atoms with E-state index in [1.807, 2.05) is 49.4 Å². The van der Waals surface area contributed by atoms with E-state index in [1.165, 1.54) is 12.1 Å². The molecule has 0 unspecified atom stereocenters. The summed E-state index contributed by atoms with van der Waals surface area (Å²) in [7, 11) is 1.62. The van der Waals surface area contributed by atoms with E-state index < -0.39 is 0 Å². The van der Waals surface area contributed by atoms with E-state index in [0.717, 1.165) is 28.3 Å². The molecule has 2 aromatic carbocycles. The fraction of sp³-hybridized carbons (Fsp3) is 0.192. The molecule has 3 heterocycles. The molecule has 0 saturated carbocycles. The number of ether oxygens (including phenoxy) is 1. The van der Waals surface area contributed by atoms with Crippen LogP contribution in [-0.2, 0) is 19.6 Å². The summed E-state index contributed by atoms with van der Waals surface area (Å²) in [6.07, 6.45) is 1.70. The van der Waals surface area contributed by atoms with Crippen LogP contribution in [0.2, 0.25) is 0 Å². The van der Waals surface area contributed by atoms with Crippen LogP contribution in [0.3, 0.4) is 0 Å². The minimum Gasteiger partial charge on any atom is -0.508 e. The molecule has 9 nitrogen and oxygen atoms in total. The first-order valence-electron chi connectivity index (χ1n) is 11.1. The number of phenolic OH excluding ortho intramolecular Hbond substituents is 2. The van der Waals surface area contributed by atoms with E-state index in [2.05, 4.69) is 15.4 Å². The number of anilines is 2.